The van der Waals surface area contributed by atoms with E-state index in [0.29, 0.717) is 0 Å². The van der Waals surface area contributed by atoms with Gasteiger partial charge in [0.25, 0.3) is 0 Å². The van der Waals surface area contributed by atoms with Gasteiger partial charge in [0.15, 0.2) is 23.2 Å². The Morgan fingerprint density at radius 2 is 1.82 bits per heavy atom. The molecule has 1 aromatic carbocycles. The summed E-state index contributed by atoms with van der Waals surface area (Å²) >= 11 is 0. The fraction of sp³-hybridized carbons (Fsp3) is 0.462. The van der Waals surface area contributed by atoms with Crippen molar-refractivity contribution in [3.05, 3.63) is 29.3 Å². The molecule has 0 aliphatic rings. The number of ether oxygens (including phenoxy) is 1. The molecular formula is C13H16F2O2. The summed E-state index contributed by atoms with van der Waals surface area (Å²) in [6.45, 7) is 3.57. The molecular weight excluding hydrogens is 226 g/mol. The molecule has 0 spiro atoms. The van der Waals surface area contributed by atoms with E-state index in [-0.39, 0.29) is 18.0 Å². The lowest BCUT2D eigenvalue weighted by Gasteiger charge is -2.09. The Labute approximate surface area is 99.6 Å². The van der Waals surface area contributed by atoms with E-state index < -0.39 is 17.4 Å². The Bertz CT molecular complexity index is 379. The van der Waals surface area contributed by atoms with Crippen LogP contribution in [0.15, 0.2) is 12.1 Å². The van der Waals surface area contributed by atoms with Crippen molar-refractivity contribution < 1.29 is 18.3 Å². The van der Waals surface area contributed by atoms with E-state index >= 15 is 0 Å². The maximum Gasteiger partial charge on any atom is 0.190 e. The summed E-state index contributed by atoms with van der Waals surface area (Å²) in [5.74, 6) is -2.43. The average Bonchev–Trinajstić information content (AvgIpc) is 2.26. The minimum atomic E-state index is -0.827. The Kier molecular flexibility index (Phi) is 5.07. The second-order valence-electron chi connectivity index (χ2n) is 3.88. The van der Waals surface area contributed by atoms with Crippen LogP contribution in [0.4, 0.5) is 8.78 Å². The van der Waals surface area contributed by atoms with Crippen molar-refractivity contribution in [3.8, 4) is 5.75 Å². The Balaban J connectivity index is 2.76. The van der Waals surface area contributed by atoms with Crippen molar-refractivity contribution in [1.82, 2.24) is 0 Å². The predicted octanol–water partition coefficient (Wildman–Crippen LogP) is 3.74. The molecule has 0 bridgehead atoms. The number of rotatable bonds is 6. The average molecular weight is 242 g/mol. The zero-order valence-corrected chi connectivity index (χ0v) is 10.1. The van der Waals surface area contributed by atoms with Crippen LogP contribution in [0.3, 0.4) is 0 Å². The largest absolute Gasteiger partial charge is 0.488 e. The molecule has 0 radical (unpaired) electrons. The number of ketones is 1. The highest BCUT2D eigenvalue weighted by molar-refractivity contribution is 5.94. The third-order valence-electron chi connectivity index (χ3n) is 2.40. The minimum Gasteiger partial charge on any atom is -0.488 e. The standard InChI is InChI=1S/C13H16F2O2/c1-3-4-5-6-17-13-11(14)7-10(9(2)16)8-12(13)15/h7-8H,3-6H2,1-2H3. The van der Waals surface area contributed by atoms with Crippen LogP contribution in [-0.2, 0) is 0 Å². The third kappa shape index (κ3) is 3.80. The Morgan fingerprint density at radius 3 is 2.29 bits per heavy atom. The molecule has 0 fully saturated rings. The SMILES string of the molecule is CCCCCOc1c(F)cc(C(C)=O)cc1F. The van der Waals surface area contributed by atoms with Gasteiger partial charge in [-0.1, -0.05) is 19.8 Å². The first-order valence-electron chi connectivity index (χ1n) is 5.69. The van der Waals surface area contributed by atoms with Gasteiger partial charge in [0.1, 0.15) is 0 Å². The summed E-state index contributed by atoms with van der Waals surface area (Å²) in [6.07, 6.45) is 2.72. The molecule has 0 unspecified atom stereocenters. The van der Waals surface area contributed by atoms with Crippen molar-refractivity contribution in [1.29, 1.82) is 0 Å². The van der Waals surface area contributed by atoms with E-state index in [1.165, 1.54) is 6.92 Å². The minimum absolute atomic E-state index is 0.0147. The smallest absolute Gasteiger partial charge is 0.190 e. The lowest BCUT2D eigenvalue weighted by molar-refractivity contribution is 0.101. The summed E-state index contributed by atoms with van der Waals surface area (Å²) in [7, 11) is 0. The molecule has 0 amide bonds. The van der Waals surface area contributed by atoms with Crippen LogP contribution in [-0.4, -0.2) is 12.4 Å². The van der Waals surface area contributed by atoms with Crippen LogP contribution < -0.4 is 4.74 Å². The van der Waals surface area contributed by atoms with E-state index in [1.54, 1.807) is 0 Å². The van der Waals surface area contributed by atoms with Crippen molar-refractivity contribution in [3.63, 3.8) is 0 Å². The van der Waals surface area contributed by atoms with E-state index in [0.717, 1.165) is 31.4 Å². The van der Waals surface area contributed by atoms with Crippen molar-refractivity contribution in [2.45, 2.75) is 33.1 Å². The van der Waals surface area contributed by atoms with Gasteiger partial charge < -0.3 is 4.74 Å². The molecule has 17 heavy (non-hydrogen) atoms. The molecule has 0 aliphatic carbocycles. The summed E-state index contributed by atoms with van der Waals surface area (Å²) in [6, 6.07) is 2.00. The first-order chi connectivity index (χ1) is 8.06. The molecule has 0 atom stereocenters. The maximum absolute atomic E-state index is 13.5. The van der Waals surface area contributed by atoms with Gasteiger partial charge in [0, 0.05) is 5.56 Å². The number of hydrogen-bond acceptors (Lipinski definition) is 2. The normalized spacial score (nSPS) is 10.4. The van der Waals surface area contributed by atoms with E-state index in [2.05, 4.69) is 0 Å². The third-order valence-corrected chi connectivity index (χ3v) is 2.40. The molecule has 0 heterocycles. The van der Waals surface area contributed by atoms with Crippen LogP contribution in [0.1, 0.15) is 43.5 Å². The van der Waals surface area contributed by atoms with Crippen LogP contribution in [0.25, 0.3) is 0 Å². The molecule has 0 saturated carbocycles. The van der Waals surface area contributed by atoms with Crippen molar-refractivity contribution >= 4 is 5.78 Å². The fourth-order valence-corrected chi connectivity index (χ4v) is 1.43. The molecule has 0 saturated heterocycles. The van der Waals surface area contributed by atoms with E-state index in [9.17, 15) is 13.6 Å². The predicted molar refractivity (Wildman–Crippen MR) is 61.4 cm³/mol. The summed E-state index contributed by atoms with van der Waals surface area (Å²) in [5.41, 5.74) is 0.0147. The van der Waals surface area contributed by atoms with Crippen molar-refractivity contribution in [2.24, 2.45) is 0 Å². The molecule has 0 N–H and O–H groups in total. The molecule has 0 aromatic heterocycles. The zero-order chi connectivity index (χ0) is 12.8. The lowest BCUT2D eigenvalue weighted by atomic mass is 10.1. The van der Waals surface area contributed by atoms with Gasteiger partial charge in [-0.15, -0.1) is 0 Å². The van der Waals surface area contributed by atoms with E-state index in [4.69, 9.17) is 4.74 Å². The summed E-state index contributed by atoms with van der Waals surface area (Å²) in [5, 5.41) is 0. The van der Waals surface area contributed by atoms with E-state index in [1.807, 2.05) is 6.92 Å². The van der Waals surface area contributed by atoms with Crippen molar-refractivity contribution in [2.75, 3.05) is 6.61 Å². The van der Waals surface area contributed by atoms with Gasteiger partial charge in [-0.3, -0.25) is 4.79 Å². The summed E-state index contributed by atoms with van der Waals surface area (Å²) in [4.78, 5) is 11.0. The van der Waals surface area contributed by atoms with Gasteiger partial charge in [0.05, 0.1) is 6.61 Å². The van der Waals surface area contributed by atoms with Gasteiger partial charge in [0.2, 0.25) is 0 Å². The molecule has 1 aromatic rings. The second kappa shape index (κ2) is 6.33. The van der Waals surface area contributed by atoms with Gasteiger partial charge in [-0.25, -0.2) is 8.78 Å². The number of halogens is 2. The molecule has 94 valence electrons. The van der Waals surface area contributed by atoms with Crippen LogP contribution >= 0.6 is 0 Å². The monoisotopic (exact) mass is 242 g/mol. The number of carbonyl (C=O) groups excluding carboxylic acids is 1. The molecule has 0 aliphatic heterocycles. The maximum atomic E-state index is 13.5. The zero-order valence-electron chi connectivity index (χ0n) is 10.1. The Hall–Kier alpha value is -1.45. The first kappa shape index (κ1) is 13.6. The number of carbonyl (C=O) groups is 1. The number of benzene rings is 1. The number of Topliss-reactive ketones (excluding diaryl/α,β-unsaturated/α-hetero) is 1. The van der Waals surface area contributed by atoms with Crippen LogP contribution in [0.2, 0.25) is 0 Å². The fourth-order valence-electron chi connectivity index (χ4n) is 1.43. The van der Waals surface area contributed by atoms with Crippen LogP contribution in [0.5, 0.6) is 5.75 Å². The molecule has 4 heteroatoms. The Morgan fingerprint density at radius 1 is 1.24 bits per heavy atom. The topological polar surface area (TPSA) is 26.3 Å². The molecule has 1 rings (SSSR count). The quantitative estimate of drug-likeness (QED) is 0.561. The second-order valence-corrected chi connectivity index (χ2v) is 3.88. The number of unbranched alkanes of at least 4 members (excludes halogenated alkanes) is 2. The number of hydrogen-bond donors (Lipinski definition) is 0. The summed E-state index contributed by atoms with van der Waals surface area (Å²) < 4.78 is 32.0. The van der Waals surface area contributed by atoms with Crippen LogP contribution in [0, 0.1) is 11.6 Å². The lowest BCUT2D eigenvalue weighted by Crippen LogP contribution is -2.04. The van der Waals surface area contributed by atoms with Gasteiger partial charge in [-0.05, 0) is 25.5 Å². The highest BCUT2D eigenvalue weighted by atomic mass is 19.1. The highest BCUT2D eigenvalue weighted by Gasteiger charge is 2.14. The first-order valence-corrected chi connectivity index (χ1v) is 5.69. The van der Waals surface area contributed by atoms with Gasteiger partial charge >= 0.3 is 0 Å². The highest BCUT2D eigenvalue weighted by Crippen LogP contribution is 2.23. The van der Waals surface area contributed by atoms with Gasteiger partial charge in [-0.2, -0.15) is 0 Å². The molecule has 2 nitrogen and oxygen atoms in total.